The number of nitrogens with one attached hydrogen (secondary N) is 1. The van der Waals surface area contributed by atoms with E-state index in [-0.39, 0.29) is 11.6 Å². The normalized spacial score (nSPS) is 11.9. The molecule has 1 aromatic heterocycles. The van der Waals surface area contributed by atoms with Crippen LogP contribution >= 0.6 is 0 Å². The summed E-state index contributed by atoms with van der Waals surface area (Å²) in [5.41, 5.74) is 7.35. The molecule has 8 heteroatoms. The van der Waals surface area contributed by atoms with Gasteiger partial charge in [0.05, 0.1) is 10.8 Å². The van der Waals surface area contributed by atoms with Crippen molar-refractivity contribution in [3.8, 4) is 11.4 Å². The van der Waals surface area contributed by atoms with E-state index in [1.54, 1.807) is 0 Å². The molecule has 0 saturated heterocycles. The lowest BCUT2D eigenvalue weighted by molar-refractivity contribution is -0.383. The molecule has 0 radical (unpaired) electrons. The minimum Gasteiger partial charge on any atom is -0.399 e. The number of rotatable bonds is 6. The Bertz CT molecular complexity index is 879. The first-order valence-electron chi connectivity index (χ1n) is 7.71. The second kappa shape index (κ2) is 7.00. The van der Waals surface area contributed by atoms with E-state index < -0.39 is 4.92 Å². The fraction of sp³-hybridized carbons (Fsp3) is 0.176. The van der Waals surface area contributed by atoms with Gasteiger partial charge < -0.3 is 15.6 Å². The van der Waals surface area contributed by atoms with Crippen LogP contribution in [0.4, 0.5) is 17.1 Å². The first-order valence-corrected chi connectivity index (χ1v) is 7.71. The van der Waals surface area contributed by atoms with E-state index in [4.69, 9.17) is 10.3 Å². The number of nitrogens with zero attached hydrogens (tertiary/aromatic N) is 3. The topological polar surface area (TPSA) is 120 Å². The molecule has 0 aliphatic carbocycles. The van der Waals surface area contributed by atoms with E-state index in [0.717, 1.165) is 5.56 Å². The fourth-order valence-electron chi connectivity index (χ4n) is 2.34. The number of nitro groups is 1. The number of nitrogens with two attached hydrogens (primary N) is 1. The van der Waals surface area contributed by atoms with Gasteiger partial charge in [0, 0.05) is 23.9 Å². The number of aromatic nitrogens is 2. The lowest BCUT2D eigenvalue weighted by atomic mass is 10.1. The van der Waals surface area contributed by atoms with Crippen LogP contribution in [0, 0.1) is 10.1 Å². The standard InChI is InChI=1S/C17H17N5O3/c1-11(10-19-14-9-13(18)7-8-15(14)22(23)24)17-20-16(21-25-17)12-5-3-2-4-6-12/h2-9,11,19H,10,18H2,1H3. The zero-order chi connectivity index (χ0) is 17.8. The van der Waals surface area contributed by atoms with Gasteiger partial charge in [0.1, 0.15) is 5.69 Å². The van der Waals surface area contributed by atoms with Gasteiger partial charge in [0.25, 0.3) is 5.69 Å². The Hall–Kier alpha value is -3.42. The maximum atomic E-state index is 11.1. The Labute approximate surface area is 143 Å². The fourth-order valence-corrected chi connectivity index (χ4v) is 2.34. The molecular formula is C17H17N5O3. The SMILES string of the molecule is CC(CNc1cc(N)ccc1[N+](=O)[O-])c1nc(-c2ccccc2)no1. The van der Waals surface area contributed by atoms with Gasteiger partial charge >= 0.3 is 0 Å². The summed E-state index contributed by atoms with van der Waals surface area (Å²) in [6, 6.07) is 13.9. The highest BCUT2D eigenvalue weighted by molar-refractivity contribution is 5.67. The minimum atomic E-state index is -0.452. The minimum absolute atomic E-state index is 0.0306. The lowest BCUT2D eigenvalue weighted by Crippen LogP contribution is -2.11. The van der Waals surface area contributed by atoms with Crippen molar-refractivity contribution in [1.82, 2.24) is 10.1 Å². The van der Waals surface area contributed by atoms with Crippen molar-refractivity contribution in [3.05, 3.63) is 64.5 Å². The van der Waals surface area contributed by atoms with Crippen molar-refractivity contribution in [3.63, 3.8) is 0 Å². The maximum Gasteiger partial charge on any atom is 0.292 e. The van der Waals surface area contributed by atoms with Gasteiger partial charge in [-0.2, -0.15) is 4.98 Å². The van der Waals surface area contributed by atoms with Crippen molar-refractivity contribution >= 4 is 17.1 Å². The highest BCUT2D eigenvalue weighted by Crippen LogP contribution is 2.27. The number of hydrogen-bond donors (Lipinski definition) is 2. The second-order valence-electron chi connectivity index (χ2n) is 5.64. The molecule has 25 heavy (non-hydrogen) atoms. The molecule has 0 bridgehead atoms. The predicted octanol–water partition coefficient (Wildman–Crippen LogP) is 3.44. The highest BCUT2D eigenvalue weighted by atomic mass is 16.6. The van der Waals surface area contributed by atoms with E-state index in [1.165, 1.54) is 18.2 Å². The van der Waals surface area contributed by atoms with Gasteiger partial charge in [-0.05, 0) is 12.1 Å². The van der Waals surface area contributed by atoms with Crippen molar-refractivity contribution in [2.24, 2.45) is 0 Å². The van der Waals surface area contributed by atoms with E-state index in [0.29, 0.717) is 29.6 Å². The third kappa shape index (κ3) is 3.74. The van der Waals surface area contributed by atoms with E-state index in [1.807, 2.05) is 37.3 Å². The number of nitrogen functional groups attached to an aromatic ring is 1. The Morgan fingerprint density at radius 2 is 2.04 bits per heavy atom. The Morgan fingerprint density at radius 1 is 1.28 bits per heavy atom. The van der Waals surface area contributed by atoms with Gasteiger partial charge in [-0.1, -0.05) is 42.4 Å². The van der Waals surface area contributed by atoms with Crippen LogP contribution in [0.2, 0.25) is 0 Å². The number of benzene rings is 2. The number of nitro benzene ring substituents is 1. The first kappa shape index (κ1) is 16.4. The molecule has 0 amide bonds. The van der Waals surface area contributed by atoms with Gasteiger partial charge in [-0.15, -0.1) is 0 Å². The average molecular weight is 339 g/mol. The van der Waals surface area contributed by atoms with Crippen LogP contribution in [0.25, 0.3) is 11.4 Å². The van der Waals surface area contributed by atoms with Crippen LogP contribution < -0.4 is 11.1 Å². The Kier molecular flexibility index (Phi) is 4.60. The van der Waals surface area contributed by atoms with Crippen molar-refractivity contribution in [2.45, 2.75) is 12.8 Å². The van der Waals surface area contributed by atoms with Crippen LogP contribution in [0.1, 0.15) is 18.7 Å². The highest BCUT2D eigenvalue weighted by Gasteiger charge is 2.18. The quantitative estimate of drug-likeness (QED) is 0.401. The van der Waals surface area contributed by atoms with Gasteiger partial charge in [0.2, 0.25) is 11.7 Å². The molecule has 3 aromatic rings. The molecule has 0 saturated carbocycles. The van der Waals surface area contributed by atoms with E-state index in [2.05, 4.69) is 15.5 Å². The summed E-state index contributed by atoms with van der Waals surface area (Å²) in [7, 11) is 0. The van der Waals surface area contributed by atoms with E-state index in [9.17, 15) is 10.1 Å². The summed E-state index contributed by atoms with van der Waals surface area (Å²) < 4.78 is 5.31. The van der Waals surface area contributed by atoms with Gasteiger partial charge in [-0.25, -0.2) is 0 Å². The van der Waals surface area contributed by atoms with Crippen molar-refractivity contribution in [1.29, 1.82) is 0 Å². The van der Waals surface area contributed by atoms with Crippen LogP contribution in [-0.4, -0.2) is 21.6 Å². The number of anilines is 2. The molecule has 1 heterocycles. The summed E-state index contributed by atoms with van der Waals surface area (Å²) in [4.78, 5) is 15.0. The molecule has 3 N–H and O–H groups in total. The van der Waals surface area contributed by atoms with Gasteiger partial charge in [0.15, 0.2) is 0 Å². The molecule has 1 unspecified atom stereocenters. The molecule has 8 nitrogen and oxygen atoms in total. The molecule has 0 spiro atoms. The summed E-state index contributed by atoms with van der Waals surface area (Å²) >= 11 is 0. The average Bonchev–Trinajstić information content (AvgIpc) is 3.10. The van der Waals surface area contributed by atoms with Crippen molar-refractivity contribution in [2.75, 3.05) is 17.6 Å². The van der Waals surface area contributed by atoms with Crippen molar-refractivity contribution < 1.29 is 9.45 Å². The Balaban J connectivity index is 1.72. The second-order valence-corrected chi connectivity index (χ2v) is 5.64. The zero-order valence-corrected chi connectivity index (χ0v) is 13.5. The monoisotopic (exact) mass is 339 g/mol. The molecule has 0 aliphatic rings. The molecule has 2 aromatic carbocycles. The van der Waals surface area contributed by atoms with Gasteiger partial charge in [-0.3, -0.25) is 10.1 Å². The maximum absolute atomic E-state index is 11.1. The largest absolute Gasteiger partial charge is 0.399 e. The van der Waals surface area contributed by atoms with Crippen LogP contribution in [-0.2, 0) is 0 Å². The first-order chi connectivity index (χ1) is 12.0. The van der Waals surface area contributed by atoms with Crippen LogP contribution in [0.15, 0.2) is 53.1 Å². The van der Waals surface area contributed by atoms with Crippen LogP contribution in [0.5, 0.6) is 0 Å². The summed E-state index contributed by atoms with van der Waals surface area (Å²) in [5.74, 6) is 0.835. The summed E-state index contributed by atoms with van der Waals surface area (Å²) in [5, 5.41) is 18.1. The molecule has 1 atom stereocenters. The zero-order valence-electron chi connectivity index (χ0n) is 13.5. The van der Waals surface area contributed by atoms with E-state index >= 15 is 0 Å². The molecule has 0 aliphatic heterocycles. The lowest BCUT2D eigenvalue weighted by Gasteiger charge is -2.10. The predicted molar refractivity (Wildman–Crippen MR) is 94.1 cm³/mol. The summed E-state index contributed by atoms with van der Waals surface area (Å²) in [6.45, 7) is 2.29. The van der Waals surface area contributed by atoms with Crippen LogP contribution in [0.3, 0.4) is 0 Å². The summed E-state index contributed by atoms with van der Waals surface area (Å²) in [6.07, 6.45) is 0. The third-order valence-electron chi connectivity index (χ3n) is 3.71. The molecule has 128 valence electrons. The molecular weight excluding hydrogens is 322 g/mol. The third-order valence-corrected chi connectivity index (χ3v) is 3.71. The Morgan fingerprint density at radius 3 is 2.76 bits per heavy atom. The number of hydrogen-bond acceptors (Lipinski definition) is 7. The smallest absolute Gasteiger partial charge is 0.292 e. The molecule has 0 fully saturated rings. The molecule has 3 rings (SSSR count).